The molecule has 1 fully saturated rings. The molecule has 152 valence electrons. The van der Waals surface area contributed by atoms with Gasteiger partial charge in [-0.3, -0.25) is 4.79 Å². The van der Waals surface area contributed by atoms with Crippen LogP contribution in [0.15, 0.2) is 45.9 Å². The van der Waals surface area contributed by atoms with Crippen LogP contribution in [0.4, 0.5) is 0 Å². The predicted molar refractivity (Wildman–Crippen MR) is 105 cm³/mol. The van der Waals surface area contributed by atoms with Crippen LogP contribution in [-0.4, -0.2) is 38.4 Å². The molecule has 0 bridgehead atoms. The number of hydrogen-bond acceptors (Lipinski definition) is 5. The van der Waals surface area contributed by atoms with Crippen molar-refractivity contribution in [3.8, 4) is 5.75 Å². The summed E-state index contributed by atoms with van der Waals surface area (Å²) in [7, 11) is -2.41. The van der Waals surface area contributed by atoms with Gasteiger partial charge in [0.25, 0.3) is 5.91 Å². The van der Waals surface area contributed by atoms with E-state index in [1.54, 1.807) is 37.1 Å². The number of hydrogen-bond donors (Lipinski definition) is 1. The van der Waals surface area contributed by atoms with Gasteiger partial charge in [-0.25, -0.2) is 13.1 Å². The molecule has 0 radical (unpaired) electrons. The van der Waals surface area contributed by atoms with Gasteiger partial charge in [0.05, 0.1) is 19.4 Å². The lowest BCUT2D eigenvalue weighted by Gasteiger charge is -2.28. The van der Waals surface area contributed by atoms with E-state index in [1.165, 1.54) is 19.2 Å². The molecule has 0 aliphatic heterocycles. The summed E-state index contributed by atoms with van der Waals surface area (Å²) in [5.41, 5.74) is 0.301. The molecule has 28 heavy (non-hydrogen) atoms. The molecular formula is C20H26N2O5S. The van der Waals surface area contributed by atoms with Crippen LogP contribution in [0.25, 0.3) is 0 Å². The van der Waals surface area contributed by atoms with Crippen molar-refractivity contribution in [1.82, 2.24) is 9.62 Å². The minimum Gasteiger partial charge on any atom is -0.495 e. The molecule has 1 unspecified atom stereocenters. The zero-order valence-corrected chi connectivity index (χ0v) is 17.3. The molecule has 2 aromatic rings. The molecule has 1 aliphatic rings. The molecule has 1 heterocycles. The van der Waals surface area contributed by atoms with E-state index in [1.807, 2.05) is 13.0 Å². The van der Waals surface area contributed by atoms with E-state index in [0.717, 1.165) is 12.8 Å². The lowest BCUT2D eigenvalue weighted by molar-refractivity contribution is 0.0652. The highest BCUT2D eigenvalue weighted by Crippen LogP contribution is 2.36. The third kappa shape index (κ3) is 4.23. The number of ether oxygens (including phenoxy) is 1. The van der Waals surface area contributed by atoms with Crippen molar-refractivity contribution in [3.05, 3.63) is 47.9 Å². The third-order valence-electron chi connectivity index (χ3n) is 4.64. The van der Waals surface area contributed by atoms with Crippen LogP contribution in [0.5, 0.6) is 5.75 Å². The fraction of sp³-hybridized carbons (Fsp3) is 0.450. The Hall–Kier alpha value is -2.32. The Morgan fingerprint density at radius 3 is 2.50 bits per heavy atom. The maximum absolute atomic E-state index is 13.3. The van der Waals surface area contributed by atoms with E-state index in [2.05, 4.69) is 4.72 Å². The van der Waals surface area contributed by atoms with E-state index < -0.39 is 10.0 Å². The van der Waals surface area contributed by atoms with Crippen molar-refractivity contribution >= 4 is 15.9 Å². The Bertz CT molecular complexity index is 934. The first-order valence-electron chi connectivity index (χ1n) is 9.31. The number of sulfonamides is 1. The standard InChI is InChI=1S/C20H26N2O5S/c1-13(2)21-28(24,25)19-12-15(7-10-18(19)26-4)20(23)22(16-8-9-16)14(3)17-6-5-11-27-17/h5-7,10-14,16,21H,8-9H2,1-4H3. The van der Waals surface area contributed by atoms with Gasteiger partial charge in [0.15, 0.2) is 0 Å². The molecule has 1 aromatic heterocycles. The van der Waals surface area contributed by atoms with Gasteiger partial charge in [-0.15, -0.1) is 0 Å². The van der Waals surface area contributed by atoms with E-state index >= 15 is 0 Å². The smallest absolute Gasteiger partial charge is 0.254 e. The summed E-state index contributed by atoms with van der Waals surface area (Å²) in [6.07, 6.45) is 3.43. The zero-order valence-electron chi connectivity index (χ0n) is 16.5. The molecule has 0 saturated heterocycles. The van der Waals surface area contributed by atoms with Crippen LogP contribution in [0, 0.1) is 0 Å². The molecule has 1 N–H and O–H groups in total. The Kier molecular flexibility index (Phi) is 5.81. The van der Waals surface area contributed by atoms with Crippen LogP contribution in [0.1, 0.15) is 55.8 Å². The topological polar surface area (TPSA) is 88.8 Å². The maximum Gasteiger partial charge on any atom is 0.254 e. The monoisotopic (exact) mass is 406 g/mol. The van der Waals surface area contributed by atoms with Gasteiger partial charge in [0.1, 0.15) is 16.4 Å². The van der Waals surface area contributed by atoms with E-state index in [9.17, 15) is 13.2 Å². The van der Waals surface area contributed by atoms with Gasteiger partial charge in [0, 0.05) is 17.6 Å². The van der Waals surface area contributed by atoms with Crippen LogP contribution in [0.3, 0.4) is 0 Å². The second-order valence-corrected chi connectivity index (χ2v) is 8.96. The fourth-order valence-corrected chi connectivity index (χ4v) is 4.67. The molecule has 7 nitrogen and oxygen atoms in total. The molecule has 0 spiro atoms. The molecule has 1 atom stereocenters. The summed E-state index contributed by atoms with van der Waals surface area (Å²) in [5.74, 6) is 0.667. The molecule has 1 aliphatic carbocycles. The second kappa shape index (κ2) is 7.97. The van der Waals surface area contributed by atoms with Crippen molar-refractivity contribution in [3.63, 3.8) is 0 Å². The first-order valence-corrected chi connectivity index (χ1v) is 10.8. The number of methoxy groups -OCH3 is 1. The Labute approximate surface area is 165 Å². The minimum absolute atomic E-state index is 0.0454. The zero-order chi connectivity index (χ0) is 20.5. The SMILES string of the molecule is COc1ccc(C(=O)N(C2CC2)C(C)c2ccco2)cc1S(=O)(=O)NC(C)C. The number of carbonyl (C=O) groups is 1. The lowest BCUT2D eigenvalue weighted by Crippen LogP contribution is -2.36. The summed E-state index contributed by atoms with van der Waals surface area (Å²) in [4.78, 5) is 15.0. The molecule has 8 heteroatoms. The number of furan rings is 1. The molecule has 1 amide bonds. The second-order valence-electron chi connectivity index (χ2n) is 7.28. The Balaban J connectivity index is 1.98. The van der Waals surface area contributed by atoms with Crippen molar-refractivity contribution in [1.29, 1.82) is 0 Å². The summed E-state index contributed by atoms with van der Waals surface area (Å²) in [6.45, 7) is 5.38. The van der Waals surface area contributed by atoms with E-state index in [0.29, 0.717) is 11.3 Å². The van der Waals surface area contributed by atoms with Crippen molar-refractivity contribution in [2.75, 3.05) is 7.11 Å². The van der Waals surface area contributed by atoms with Crippen LogP contribution < -0.4 is 9.46 Å². The fourth-order valence-electron chi connectivity index (χ4n) is 3.22. The quantitative estimate of drug-likeness (QED) is 0.726. The minimum atomic E-state index is -3.82. The van der Waals surface area contributed by atoms with Gasteiger partial charge in [-0.2, -0.15) is 0 Å². The number of benzene rings is 1. The van der Waals surface area contributed by atoms with Crippen LogP contribution >= 0.6 is 0 Å². The van der Waals surface area contributed by atoms with E-state index in [-0.39, 0.29) is 34.7 Å². The summed E-state index contributed by atoms with van der Waals surface area (Å²) in [5, 5.41) is 0. The summed E-state index contributed by atoms with van der Waals surface area (Å²) < 4.78 is 38.6. The first-order chi connectivity index (χ1) is 13.2. The molecular weight excluding hydrogens is 380 g/mol. The van der Waals surface area contributed by atoms with Gasteiger partial charge in [-0.1, -0.05) is 0 Å². The lowest BCUT2D eigenvalue weighted by atomic mass is 10.1. The molecule has 3 rings (SSSR count). The summed E-state index contributed by atoms with van der Waals surface area (Å²) >= 11 is 0. The molecule has 1 saturated carbocycles. The number of amides is 1. The summed E-state index contributed by atoms with van der Waals surface area (Å²) in [6, 6.07) is 7.73. The van der Waals surface area contributed by atoms with Crippen molar-refractivity contribution in [2.45, 2.75) is 56.6 Å². The number of rotatable bonds is 8. The number of nitrogens with zero attached hydrogens (tertiary/aromatic N) is 1. The average molecular weight is 407 g/mol. The van der Waals surface area contributed by atoms with Gasteiger partial charge in [-0.05, 0) is 63.9 Å². The Morgan fingerprint density at radius 2 is 1.96 bits per heavy atom. The van der Waals surface area contributed by atoms with Crippen LogP contribution in [0.2, 0.25) is 0 Å². The Morgan fingerprint density at radius 1 is 1.25 bits per heavy atom. The highest BCUT2D eigenvalue weighted by atomic mass is 32.2. The normalized spacial score (nSPS) is 15.5. The van der Waals surface area contributed by atoms with Crippen molar-refractivity contribution in [2.24, 2.45) is 0 Å². The molecule has 1 aromatic carbocycles. The third-order valence-corrected chi connectivity index (χ3v) is 6.32. The van der Waals surface area contributed by atoms with Gasteiger partial charge < -0.3 is 14.1 Å². The average Bonchev–Trinajstić information content (AvgIpc) is 3.31. The highest BCUT2D eigenvalue weighted by molar-refractivity contribution is 7.89. The van der Waals surface area contributed by atoms with Crippen LogP contribution in [-0.2, 0) is 10.0 Å². The highest BCUT2D eigenvalue weighted by Gasteiger charge is 2.38. The van der Waals surface area contributed by atoms with Gasteiger partial charge in [0.2, 0.25) is 10.0 Å². The largest absolute Gasteiger partial charge is 0.495 e. The predicted octanol–water partition coefficient (Wildman–Crippen LogP) is 3.34. The number of carbonyl (C=O) groups excluding carboxylic acids is 1. The van der Waals surface area contributed by atoms with Crippen molar-refractivity contribution < 1.29 is 22.4 Å². The van der Waals surface area contributed by atoms with Gasteiger partial charge >= 0.3 is 0 Å². The van der Waals surface area contributed by atoms with E-state index in [4.69, 9.17) is 9.15 Å². The number of nitrogens with one attached hydrogen (secondary N) is 1. The maximum atomic E-state index is 13.3. The first kappa shape index (κ1) is 20.4.